The van der Waals surface area contributed by atoms with Gasteiger partial charge in [0.25, 0.3) is 0 Å². The number of ether oxygens (including phenoxy) is 1. The number of methoxy groups -OCH3 is 1. The Morgan fingerprint density at radius 1 is 1.20 bits per heavy atom. The third-order valence-corrected chi connectivity index (χ3v) is 2.04. The molecule has 0 aliphatic rings. The minimum absolute atomic E-state index is 0.195. The topological polar surface area (TPSA) is 47.9 Å². The number of hydrogen-bond acceptors (Lipinski definition) is 4. The van der Waals surface area contributed by atoms with E-state index in [1.807, 2.05) is 6.07 Å². The Hall–Kier alpha value is -1.68. The Balaban J connectivity index is 2.53. The van der Waals surface area contributed by atoms with Gasteiger partial charge in [-0.2, -0.15) is 0 Å². The van der Waals surface area contributed by atoms with Gasteiger partial charge in [-0.05, 0) is 29.8 Å². The molecule has 0 radical (unpaired) electrons. The molecule has 0 fully saturated rings. The maximum absolute atomic E-state index is 5.70. The number of pyridine rings is 1. The van der Waals surface area contributed by atoms with Crippen LogP contribution in [0.2, 0.25) is 5.28 Å². The van der Waals surface area contributed by atoms with E-state index in [-0.39, 0.29) is 5.28 Å². The van der Waals surface area contributed by atoms with Crippen LogP contribution in [0.5, 0.6) is 5.75 Å². The van der Waals surface area contributed by atoms with E-state index in [1.54, 1.807) is 31.6 Å². The first kappa shape index (κ1) is 9.86. The molecule has 0 atom stereocenters. The van der Waals surface area contributed by atoms with Gasteiger partial charge >= 0.3 is 0 Å². The SMILES string of the molecule is COc1cccnc1-c1ccnc(Cl)n1. The van der Waals surface area contributed by atoms with Crippen molar-refractivity contribution < 1.29 is 4.74 Å². The third-order valence-electron chi connectivity index (χ3n) is 1.86. The molecule has 0 bridgehead atoms. The summed E-state index contributed by atoms with van der Waals surface area (Å²) < 4.78 is 5.17. The molecular weight excluding hydrogens is 214 g/mol. The lowest BCUT2D eigenvalue weighted by Crippen LogP contribution is -1.93. The van der Waals surface area contributed by atoms with Crippen LogP contribution >= 0.6 is 11.6 Å². The second kappa shape index (κ2) is 4.23. The van der Waals surface area contributed by atoms with Crippen molar-refractivity contribution in [2.24, 2.45) is 0 Å². The van der Waals surface area contributed by atoms with Gasteiger partial charge in [0.1, 0.15) is 11.4 Å². The average Bonchev–Trinajstić information content (AvgIpc) is 2.29. The molecular formula is C10H8ClN3O. The predicted molar refractivity (Wildman–Crippen MR) is 56.8 cm³/mol. The second-order valence-corrected chi connectivity index (χ2v) is 3.10. The number of aromatic nitrogens is 3. The smallest absolute Gasteiger partial charge is 0.222 e. The minimum atomic E-state index is 0.195. The average molecular weight is 222 g/mol. The molecule has 0 aliphatic heterocycles. The van der Waals surface area contributed by atoms with Gasteiger partial charge in [-0.3, -0.25) is 4.98 Å². The summed E-state index contributed by atoms with van der Waals surface area (Å²) in [5, 5.41) is 0.195. The van der Waals surface area contributed by atoms with Crippen molar-refractivity contribution in [2.75, 3.05) is 7.11 Å². The summed E-state index contributed by atoms with van der Waals surface area (Å²) in [6.45, 7) is 0. The van der Waals surface area contributed by atoms with Crippen LogP contribution in [0.25, 0.3) is 11.4 Å². The summed E-state index contributed by atoms with van der Waals surface area (Å²) in [7, 11) is 1.59. The van der Waals surface area contributed by atoms with E-state index < -0.39 is 0 Å². The second-order valence-electron chi connectivity index (χ2n) is 2.77. The highest BCUT2D eigenvalue weighted by Gasteiger charge is 2.08. The molecule has 0 saturated carbocycles. The maximum atomic E-state index is 5.70. The Labute approximate surface area is 91.9 Å². The first-order valence-electron chi connectivity index (χ1n) is 4.29. The molecule has 2 heterocycles. The Kier molecular flexibility index (Phi) is 2.78. The standard InChI is InChI=1S/C10H8ClN3O/c1-15-8-3-2-5-12-9(8)7-4-6-13-10(11)14-7/h2-6H,1H3. The van der Waals surface area contributed by atoms with Gasteiger partial charge in [0, 0.05) is 12.4 Å². The normalized spacial score (nSPS) is 10.0. The summed E-state index contributed by atoms with van der Waals surface area (Å²) in [6.07, 6.45) is 3.26. The lowest BCUT2D eigenvalue weighted by Gasteiger charge is -2.05. The Morgan fingerprint density at radius 3 is 2.80 bits per heavy atom. The fraction of sp³-hybridized carbons (Fsp3) is 0.100. The molecule has 2 aromatic rings. The van der Waals surface area contributed by atoms with Crippen molar-refractivity contribution in [2.45, 2.75) is 0 Å². The Bertz CT molecular complexity index is 476. The van der Waals surface area contributed by atoms with Crippen LogP contribution < -0.4 is 4.74 Å². The first-order valence-corrected chi connectivity index (χ1v) is 4.67. The number of hydrogen-bond donors (Lipinski definition) is 0. The Morgan fingerprint density at radius 2 is 2.07 bits per heavy atom. The third kappa shape index (κ3) is 2.05. The zero-order valence-corrected chi connectivity index (χ0v) is 8.77. The van der Waals surface area contributed by atoms with E-state index in [1.165, 1.54) is 0 Å². The molecule has 76 valence electrons. The van der Waals surface area contributed by atoms with Crippen molar-refractivity contribution in [1.29, 1.82) is 0 Å². The van der Waals surface area contributed by atoms with Crippen LogP contribution in [0, 0.1) is 0 Å². The van der Waals surface area contributed by atoms with Crippen molar-refractivity contribution in [3.05, 3.63) is 35.9 Å². The summed E-state index contributed by atoms with van der Waals surface area (Å²) >= 11 is 5.70. The zero-order chi connectivity index (χ0) is 10.7. The molecule has 0 unspecified atom stereocenters. The molecule has 5 heteroatoms. The van der Waals surface area contributed by atoms with E-state index in [0.29, 0.717) is 17.1 Å². The van der Waals surface area contributed by atoms with E-state index in [9.17, 15) is 0 Å². The van der Waals surface area contributed by atoms with Crippen molar-refractivity contribution in [3.8, 4) is 17.1 Å². The molecule has 0 saturated heterocycles. The molecule has 0 aromatic carbocycles. The van der Waals surface area contributed by atoms with E-state index in [2.05, 4.69) is 15.0 Å². The minimum Gasteiger partial charge on any atom is -0.494 e. The maximum Gasteiger partial charge on any atom is 0.222 e. The van der Waals surface area contributed by atoms with Gasteiger partial charge in [-0.15, -0.1) is 0 Å². The van der Waals surface area contributed by atoms with Crippen molar-refractivity contribution >= 4 is 11.6 Å². The first-order chi connectivity index (χ1) is 7.31. The monoisotopic (exact) mass is 221 g/mol. The molecule has 0 N–H and O–H groups in total. The summed E-state index contributed by atoms with van der Waals surface area (Å²) in [6, 6.07) is 5.35. The number of halogens is 1. The van der Waals surface area contributed by atoms with Gasteiger partial charge < -0.3 is 4.74 Å². The van der Waals surface area contributed by atoms with E-state index in [0.717, 1.165) is 0 Å². The summed E-state index contributed by atoms with van der Waals surface area (Å²) in [4.78, 5) is 12.1. The van der Waals surface area contributed by atoms with Crippen LogP contribution in [0.1, 0.15) is 0 Å². The van der Waals surface area contributed by atoms with Crippen molar-refractivity contribution in [3.63, 3.8) is 0 Å². The largest absolute Gasteiger partial charge is 0.494 e. The molecule has 0 spiro atoms. The van der Waals surface area contributed by atoms with Crippen LogP contribution in [-0.2, 0) is 0 Å². The van der Waals surface area contributed by atoms with Gasteiger partial charge in [-0.1, -0.05) is 0 Å². The molecule has 4 nitrogen and oxygen atoms in total. The molecule has 2 rings (SSSR count). The fourth-order valence-electron chi connectivity index (χ4n) is 1.21. The highest BCUT2D eigenvalue weighted by atomic mass is 35.5. The molecule has 0 amide bonds. The molecule has 15 heavy (non-hydrogen) atoms. The van der Waals surface area contributed by atoms with Crippen molar-refractivity contribution in [1.82, 2.24) is 15.0 Å². The summed E-state index contributed by atoms with van der Waals surface area (Å²) in [5.74, 6) is 0.660. The van der Waals surface area contributed by atoms with Gasteiger partial charge in [-0.25, -0.2) is 9.97 Å². The lowest BCUT2D eigenvalue weighted by atomic mass is 10.2. The van der Waals surface area contributed by atoms with Gasteiger partial charge in [0.2, 0.25) is 5.28 Å². The highest BCUT2D eigenvalue weighted by molar-refractivity contribution is 6.28. The zero-order valence-electron chi connectivity index (χ0n) is 8.01. The fourth-order valence-corrected chi connectivity index (χ4v) is 1.36. The predicted octanol–water partition coefficient (Wildman–Crippen LogP) is 2.20. The molecule has 2 aromatic heterocycles. The quantitative estimate of drug-likeness (QED) is 0.730. The lowest BCUT2D eigenvalue weighted by molar-refractivity contribution is 0.414. The van der Waals surface area contributed by atoms with Crippen LogP contribution in [0.4, 0.5) is 0 Å². The van der Waals surface area contributed by atoms with Gasteiger partial charge in [0.15, 0.2) is 0 Å². The number of rotatable bonds is 2. The van der Waals surface area contributed by atoms with E-state index in [4.69, 9.17) is 16.3 Å². The summed E-state index contributed by atoms with van der Waals surface area (Å²) in [5.41, 5.74) is 1.30. The van der Waals surface area contributed by atoms with Crippen LogP contribution in [0.15, 0.2) is 30.6 Å². The van der Waals surface area contributed by atoms with Crippen LogP contribution in [0.3, 0.4) is 0 Å². The number of nitrogens with zero attached hydrogens (tertiary/aromatic N) is 3. The van der Waals surface area contributed by atoms with Crippen LogP contribution in [-0.4, -0.2) is 22.1 Å². The molecule has 0 aliphatic carbocycles. The van der Waals surface area contributed by atoms with Gasteiger partial charge in [0.05, 0.1) is 12.8 Å². The van der Waals surface area contributed by atoms with E-state index >= 15 is 0 Å². The highest BCUT2D eigenvalue weighted by Crippen LogP contribution is 2.25.